The molecule has 0 aromatic heterocycles. The predicted molar refractivity (Wildman–Crippen MR) is 95.8 cm³/mol. The van der Waals surface area contributed by atoms with Gasteiger partial charge in [0.2, 0.25) is 0 Å². The van der Waals surface area contributed by atoms with Gasteiger partial charge in [0.25, 0.3) is 5.91 Å². The van der Waals surface area contributed by atoms with E-state index in [-0.39, 0.29) is 11.9 Å². The summed E-state index contributed by atoms with van der Waals surface area (Å²) in [6.07, 6.45) is 0. The number of anilines is 1. The Kier molecular flexibility index (Phi) is 5.52. The molecule has 2 rings (SSSR count). The molecule has 0 spiro atoms. The van der Waals surface area contributed by atoms with Crippen LogP contribution < -0.4 is 10.7 Å². The zero-order valence-corrected chi connectivity index (χ0v) is 14.1. The second-order valence-electron chi connectivity index (χ2n) is 5.67. The molecule has 0 aliphatic carbocycles. The first-order valence-corrected chi connectivity index (χ1v) is 7.71. The van der Waals surface area contributed by atoms with E-state index < -0.39 is 0 Å². The second kappa shape index (κ2) is 7.58. The number of benzene rings is 2. The third kappa shape index (κ3) is 4.42. The third-order valence-electron chi connectivity index (χ3n) is 3.76. The van der Waals surface area contributed by atoms with Crippen LogP contribution in [0, 0.1) is 13.8 Å². The van der Waals surface area contributed by atoms with E-state index in [1.165, 1.54) is 0 Å². The van der Waals surface area contributed by atoms with E-state index >= 15 is 0 Å². The summed E-state index contributed by atoms with van der Waals surface area (Å²) >= 11 is 0. The lowest BCUT2D eigenvalue weighted by molar-refractivity contribution is -0.121. The smallest absolute Gasteiger partial charge is 0.262 e. The summed E-state index contributed by atoms with van der Waals surface area (Å²) in [5.74, 6) is -0.164. The van der Waals surface area contributed by atoms with Crippen molar-refractivity contribution in [2.45, 2.75) is 33.7 Å². The van der Waals surface area contributed by atoms with Crippen LogP contribution in [-0.2, 0) is 4.79 Å². The average Bonchev–Trinajstić information content (AvgIpc) is 2.56. The Labute approximate surface area is 137 Å². The lowest BCUT2D eigenvalue weighted by Gasteiger charge is -2.17. The van der Waals surface area contributed by atoms with Crippen molar-refractivity contribution in [1.29, 1.82) is 0 Å². The minimum Gasteiger partial charge on any atom is -0.373 e. The molecule has 0 aliphatic heterocycles. The zero-order chi connectivity index (χ0) is 16.8. The molecule has 1 atom stereocenters. The quantitative estimate of drug-likeness (QED) is 0.654. The highest BCUT2D eigenvalue weighted by Crippen LogP contribution is 2.20. The lowest BCUT2D eigenvalue weighted by atomic mass is 10.1. The largest absolute Gasteiger partial charge is 0.373 e. The van der Waals surface area contributed by atoms with Crippen LogP contribution in [0.15, 0.2) is 53.6 Å². The molecule has 4 nitrogen and oxygen atoms in total. The highest BCUT2D eigenvalue weighted by molar-refractivity contribution is 5.99. The molecule has 2 aromatic carbocycles. The Hall–Kier alpha value is -2.62. The van der Waals surface area contributed by atoms with E-state index in [1.807, 2.05) is 76.2 Å². The topological polar surface area (TPSA) is 53.5 Å². The van der Waals surface area contributed by atoms with Crippen LogP contribution in [0.1, 0.15) is 30.5 Å². The maximum atomic E-state index is 12.2. The number of amides is 1. The first-order chi connectivity index (χ1) is 11.0. The number of hydrogen-bond acceptors (Lipinski definition) is 3. The highest BCUT2D eigenvalue weighted by atomic mass is 16.2. The van der Waals surface area contributed by atoms with Crippen molar-refractivity contribution >= 4 is 17.3 Å². The van der Waals surface area contributed by atoms with E-state index in [0.29, 0.717) is 0 Å². The van der Waals surface area contributed by atoms with E-state index in [0.717, 1.165) is 28.1 Å². The minimum atomic E-state index is -0.373. The molecule has 0 radical (unpaired) electrons. The van der Waals surface area contributed by atoms with Crippen molar-refractivity contribution in [3.8, 4) is 0 Å². The molecule has 1 amide bonds. The fourth-order valence-electron chi connectivity index (χ4n) is 2.30. The summed E-state index contributed by atoms with van der Waals surface area (Å²) in [7, 11) is 0. The van der Waals surface area contributed by atoms with Crippen LogP contribution >= 0.6 is 0 Å². The van der Waals surface area contributed by atoms with Gasteiger partial charge in [0.1, 0.15) is 6.04 Å². The zero-order valence-electron chi connectivity index (χ0n) is 14.1. The number of hydrogen-bond donors (Lipinski definition) is 2. The van der Waals surface area contributed by atoms with Crippen molar-refractivity contribution in [2.75, 3.05) is 5.32 Å². The molecule has 4 heteroatoms. The Morgan fingerprint density at radius 3 is 2.22 bits per heavy atom. The summed E-state index contributed by atoms with van der Waals surface area (Å²) < 4.78 is 0. The number of rotatable bonds is 5. The summed E-state index contributed by atoms with van der Waals surface area (Å²) in [4.78, 5) is 12.2. The maximum absolute atomic E-state index is 12.2. The van der Waals surface area contributed by atoms with E-state index in [9.17, 15) is 4.79 Å². The Morgan fingerprint density at radius 1 is 1.00 bits per heavy atom. The van der Waals surface area contributed by atoms with Gasteiger partial charge in [-0.3, -0.25) is 4.79 Å². The number of nitrogens with one attached hydrogen (secondary N) is 2. The maximum Gasteiger partial charge on any atom is 0.262 e. The highest BCUT2D eigenvalue weighted by Gasteiger charge is 2.14. The van der Waals surface area contributed by atoms with Gasteiger partial charge in [0, 0.05) is 5.69 Å². The van der Waals surface area contributed by atoms with Crippen molar-refractivity contribution < 1.29 is 4.79 Å². The van der Waals surface area contributed by atoms with Crippen molar-refractivity contribution in [3.05, 3.63) is 65.2 Å². The van der Waals surface area contributed by atoms with Gasteiger partial charge < -0.3 is 5.32 Å². The number of carbonyl (C=O) groups is 1. The van der Waals surface area contributed by atoms with Gasteiger partial charge >= 0.3 is 0 Å². The SMILES string of the molecule is CC(=NNC(=O)C(C)Nc1c(C)cccc1C)c1ccccc1. The number of aryl methyl sites for hydroxylation is 2. The monoisotopic (exact) mass is 309 g/mol. The van der Waals surface area contributed by atoms with Crippen LogP contribution in [0.4, 0.5) is 5.69 Å². The summed E-state index contributed by atoms with van der Waals surface area (Å²) in [6, 6.07) is 15.5. The molecule has 0 aliphatic rings. The van der Waals surface area contributed by atoms with Crippen molar-refractivity contribution in [3.63, 3.8) is 0 Å². The molecule has 1 unspecified atom stereocenters. The van der Waals surface area contributed by atoms with Crippen LogP contribution in [0.2, 0.25) is 0 Å². The van der Waals surface area contributed by atoms with Crippen LogP contribution in [0.5, 0.6) is 0 Å². The molecule has 0 fully saturated rings. The van der Waals surface area contributed by atoms with Crippen LogP contribution in [0.25, 0.3) is 0 Å². The average molecular weight is 309 g/mol. The van der Waals surface area contributed by atoms with Gasteiger partial charge in [-0.25, -0.2) is 5.43 Å². The van der Waals surface area contributed by atoms with Crippen LogP contribution in [-0.4, -0.2) is 17.7 Å². The number of hydrazone groups is 1. The Balaban J connectivity index is 2.01. The molecular formula is C19H23N3O. The Morgan fingerprint density at radius 2 is 1.61 bits per heavy atom. The lowest BCUT2D eigenvalue weighted by Crippen LogP contribution is -2.35. The van der Waals surface area contributed by atoms with Gasteiger partial charge in [-0.05, 0) is 44.4 Å². The molecule has 0 saturated carbocycles. The standard InChI is InChI=1S/C19H23N3O/c1-13-9-8-10-14(2)18(13)20-16(4)19(23)22-21-15(3)17-11-6-5-7-12-17/h5-12,16,20H,1-4H3,(H,22,23). The van der Waals surface area contributed by atoms with Crippen molar-refractivity contribution in [1.82, 2.24) is 5.43 Å². The second-order valence-corrected chi connectivity index (χ2v) is 5.67. The normalized spacial score (nSPS) is 12.6. The summed E-state index contributed by atoms with van der Waals surface area (Å²) in [5, 5.41) is 7.44. The van der Waals surface area contributed by atoms with Gasteiger partial charge in [0.15, 0.2) is 0 Å². The fraction of sp³-hybridized carbons (Fsp3) is 0.263. The number of para-hydroxylation sites is 1. The van der Waals surface area contributed by atoms with Gasteiger partial charge in [0.05, 0.1) is 5.71 Å². The molecular weight excluding hydrogens is 286 g/mol. The van der Waals surface area contributed by atoms with E-state index in [1.54, 1.807) is 0 Å². The molecule has 23 heavy (non-hydrogen) atoms. The fourth-order valence-corrected chi connectivity index (χ4v) is 2.30. The van der Waals surface area contributed by atoms with Crippen LogP contribution in [0.3, 0.4) is 0 Å². The first-order valence-electron chi connectivity index (χ1n) is 7.71. The molecule has 2 aromatic rings. The molecule has 120 valence electrons. The number of carbonyl (C=O) groups excluding carboxylic acids is 1. The predicted octanol–water partition coefficient (Wildman–Crippen LogP) is 3.64. The van der Waals surface area contributed by atoms with Gasteiger partial charge in [-0.1, -0.05) is 48.5 Å². The minimum absolute atomic E-state index is 0.164. The third-order valence-corrected chi connectivity index (χ3v) is 3.76. The summed E-state index contributed by atoms with van der Waals surface area (Å²) in [5.41, 5.74) is 7.63. The summed E-state index contributed by atoms with van der Waals surface area (Å²) in [6.45, 7) is 7.75. The first kappa shape index (κ1) is 16.7. The molecule has 0 heterocycles. The van der Waals surface area contributed by atoms with Gasteiger partial charge in [-0.2, -0.15) is 5.10 Å². The van der Waals surface area contributed by atoms with E-state index in [4.69, 9.17) is 0 Å². The Bertz CT molecular complexity index is 688. The molecule has 0 saturated heterocycles. The molecule has 2 N–H and O–H groups in total. The number of nitrogens with zero attached hydrogens (tertiary/aromatic N) is 1. The van der Waals surface area contributed by atoms with Gasteiger partial charge in [-0.15, -0.1) is 0 Å². The van der Waals surface area contributed by atoms with E-state index in [2.05, 4.69) is 15.8 Å². The molecule has 0 bridgehead atoms. The van der Waals surface area contributed by atoms with Crippen molar-refractivity contribution in [2.24, 2.45) is 5.10 Å².